The van der Waals surface area contributed by atoms with Gasteiger partial charge in [0.2, 0.25) is 15.8 Å². The number of halogens is 1. The van der Waals surface area contributed by atoms with E-state index in [0.29, 0.717) is 18.5 Å². The normalized spacial score (nSPS) is 18.6. The van der Waals surface area contributed by atoms with Crippen LogP contribution in [0.25, 0.3) is 0 Å². The summed E-state index contributed by atoms with van der Waals surface area (Å²) in [5, 5.41) is 3.69. The van der Waals surface area contributed by atoms with E-state index in [4.69, 9.17) is 9.26 Å². The number of hydrogen-bond acceptors (Lipinski definition) is 7. The Balaban J connectivity index is 1.76. The third-order valence-electron chi connectivity index (χ3n) is 4.12. The highest BCUT2D eigenvalue weighted by molar-refractivity contribution is 7.89. The monoisotopic (exact) mass is 370 g/mol. The van der Waals surface area contributed by atoms with Crippen molar-refractivity contribution in [2.24, 2.45) is 0 Å². The predicted molar refractivity (Wildman–Crippen MR) is 85.1 cm³/mol. The van der Waals surface area contributed by atoms with Gasteiger partial charge in [0, 0.05) is 6.54 Å². The molecule has 3 heterocycles. The summed E-state index contributed by atoms with van der Waals surface area (Å²) in [4.78, 5) is 7.74. The molecule has 0 unspecified atom stereocenters. The average molecular weight is 370 g/mol. The van der Waals surface area contributed by atoms with Gasteiger partial charge in [0.05, 0.1) is 12.2 Å². The number of aromatic nitrogens is 3. The van der Waals surface area contributed by atoms with Crippen molar-refractivity contribution in [2.45, 2.75) is 44.6 Å². The van der Waals surface area contributed by atoms with Gasteiger partial charge in [-0.1, -0.05) is 12.1 Å². The fraction of sp³-hybridized carbons (Fsp3) is 0.533. The van der Waals surface area contributed by atoms with Crippen molar-refractivity contribution in [3.05, 3.63) is 29.3 Å². The minimum absolute atomic E-state index is 0.0784. The second kappa shape index (κ2) is 6.68. The van der Waals surface area contributed by atoms with Crippen molar-refractivity contribution in [2.75, 3.05) is 13.1 Å². The molecule has 1 atom stereocenters. The summed E-state index contributed by atoms with van der Waals surface area (Å²) >= 11 is 0. The molecule has 136 valence electrons. The molecule has 10 heteroatoms. The highest BCUT2D eigenvalue weighted by atomic mass is 32.2. The van der Waals surface area contributed by atoms with E-state index in [0.717, 1.165) is 0 Å². The van der Waals surface area contributed by atoms with Gasteiger partial charge in [-0.25, -0.2) is 13.4 Å². The molecule has 0 bridgehead atoms. The Hall–Kier alpha value is -2.07. The average Bonchev–Trinajstić information content (AvgIpc) is 3.17. The molecular weight excluding hydrogens is 351 g/mol. The van der Waals surface area contributed by atoms with Crippen LogP contribution in [0.5, 0.6) is 5.88 Å². The van der Waals surface area contributed by atoms with Crippen LogP contribution in [0.4, 0.5) is 4.39 Å². The number of rotatable bonds is 5. The van der Waals surface area contributed by atoms with Crippen molar-refractivity contribution < 1.29 is 22.1 Å². The Morgan fingerprint density at radius 1 is 1.40 bits per heavy atom. The number of aryl methyl sites for hydroxylation is 3. The van der Waals surface area contributed by atoms with E-state index >= 15 is 0 Å². The first-order chi connectivity index (χ1) is 11.8. The first-order valence-corrected chi connectivity index (χ1v) is 9.37. The smallest absolute Gasteiger partial charge is 0.254 e. The summed E-state index contributed by atoms with van der Waals surface area (Å²) in [5.74, 6) is -0.498. The van der Waals surface area contributed by atoms with E-state index in [-0.39, 0.29) is 35.3 Å². The summed E-state index contributed by atoms with van der Waals surface area (Å²) in [6, 6.07) is 0. The quantitative estimate of drug-likeness (QED) is 0.789. The van der Waals surface area contributed by atoms with E-state index < -0.39 is 21.9 Å². The van der Waals surface area contributed by atoms with E-state index in [1.54, 1.807) is 20.8 Å². The van der Waals surface area contributed by atoms with Crippen molar-refractivity contribution in [1.82, 2.24) is 19.4 Å². The molecule has 8 nitrogen and oxygen atoms in total. The molecule has 2 aromatic heterocycles. The van der Waals surface area contributed by atoms with Crippen LogP contribution >= 0.6 is 0 Å². The lowest BCUT2D eigenvalue weighted by Gasteiger charge is -2.17. The predicted octanol–water partition coefficient (Wildman–Crippen LogP) is 1.62. The number of hydrogen-bond donors (Lipinski definition) is 0. The summed E-state index contributed by atoms with van der Waals surface area (Å²) in [6.07, 6.45) is 1.62. The van der Waals surface area contributed by atoms with Gasteiger partial charge in [0.15, 0.2) is 5.76 Å². The van der Waals surface area contributed by atoms with Gasteiger partial charge >= 0.3 is 0 Å². The van der Waals surface area contributed by atoms with Gasteiger partial charge in [0.1, 0.15) is 23.0 Å². The Kier molecular flexibility index (Phi) is 4.74. The first kappa shape index (κ1) is 17.7. The largest absolute Gasteiger partial charge is 0.471 e. The van der Waals surface area contributed by atoms with Crippen LogP contribution in [0.3, 0.4) is 0 Å². The molecule has 25 heavy (non-hydrogen) atoms. The third kappa shape index (κ3) is 3.23. The van der Waals surface area contributed by atoms with Crippen LogP contribution in [0.15, 0.2) is 15.7 Å². The molecule has 1 aliphatic heterocycles. The second-order valence-electron chi connectivity index (χ2n) is 5.84. The molecule has 2 aromatic rings. The van der Waals surface area contributed by atoms with Gasteiger partial charge in [-0.3, -0.25) is 0 Å². The third-order valence-corrected chi connectivity index (χ3v) is 6.23. The van der Waals surface area contributed by atoms with Crippen molar-refractivity contribution in [3.63, 3.8) is 0 Å². The maximum Gasteiger partial charge on any atom is 0.254 e. The molecule has 0 radical (unpaired) electrons. The van der Waals surface area contributed by atoms with Gasteiger partial charge in [-0.05, 0) is 26.7 Å². The fourth-order valence-corrected chi connectivity index (χ4v) is 4.64. The standard InChI is InChI=1S/C15H19FN4O4S/c1-4-12-13(16)15(18-8-17-12)23-11-5-6-20(7-11)25(21,22)14-9(2)19-24-10(14)3/h8,11H,4-7H2,1-3H3/t11-/m1/s1. The molecular formula is C15H19FN4O4S. The summed E-state index contributed by atoms with van der Waals surface area (Å²) in [7, 11) is -3.73. The van der Waals surface area contributed by atoms with Crippen LogP contribution in [0.1, 0.15) is 30.5 Å². The van der Waals surface area contributed by atoms with E-state index in [9.17, 15) is 12.8 Å². The molecule has 0 saturated carbocycles. The molecule has 1 saturated heterocycles. The topological polar surface area (TPSA) is 98.4 Å². The Bertz CT molecular complexity index is 864. The van der Waals surface area contributed by atoms with Crippen LogP contribution in [-0.2, 0) is 16.4 Å². The van der Waals surface area contributed by atoms with Crippen LogP contribution in [-0.4, -0.2) is 47.0 Å². The van der Waals surface area contributed by atoms with E-state index in [1.165, 1.54) is 10.6 Å². The lowest BCUT2D eigenvalue weighted by atomic mass is 10.3. The lowest BCUT2D eigenvalue weighted by Crippen LogP contribution is -2.31. The molecule has 1 fully saturated rings. The van der Waals surface area contributed by atoms with Crippen molar-refractivity contribution >= 4 is 10.0 Å². The minimum atomic E-state index is -3.73. The van der Waals surface area contributed by atoms with Crippen molar-refractivity contribution in [1.29, 1.82) is 0 Å². The molecule has 0 N–H and O–H groups in total. The molecule has 0 spiro atoms. The minimum Gasteiger partial charge on any atom is -0.471 e. The van der Waals surface area contributed by atoms with Gasteiger partial charge in [0.25, 0.3) is 5.88 Å². The molecule has 1 aliphatic rings. The number of nitrogens with zero attached hydrogens (tertiary/aromatic N) is 4. The summed E-state index contributed by atoms with van der Waals surface area (Å²) < 4.78 is 51.6. The number of ether oxygens (including phenoxy) is 1. The molecule has 0 amide bonds. The zero-order chi connectivity index (χ0) is 18.2. The molecule has 0 aromatic carbocycles. The summed E-state index contributed by atoms with van der Waals surface area (Å²) in [6.45, 7) is 5.29. The fourth-order valence-electron chi connectivity index (χ4n) is 2.86. The van der Waals surface area contributed by atoms with Gasteiger partial charge in [-0.2, -0.15) is 13.7 Å². The lowest BCUT2D eigenvalue weighted by molar-refractivity contribution is 0.195. The summed E-state index contributed by atoms with van der Waals surface area (Å²) in [5.41, 5.74) is 0.583. The molecule has 3 rings (SSSR count). The molecule has 0 aliphatic carbocycles. The Morgan fingerprint density at radius 2 is 2.16 bits per heavy atom. The first-order valence-electron chi connectivity index (χ1n) is 7.93. The van der Waals surface area contributed by atoms with Crippen molar-refractivity contribution in [3.8, 4) is 5.88 Å². The zero-order valence-electron chi connectivity index (χ0n) is 14.2. The maximum atomic E-state index is 14.2. The second-order valence-corrected chi connectivity index (χ2v) is 7.71. The highest BCUT2D eigenvalue weighted by Crippen LogP contribution is 2.28. The van der Waals surface area contributed by atoms with Crippen LogP contribution < -0.4 is 4.74 Å². The maximum absolute atomic E-state index is 14.2. The van der Waals surface area contributed by atoms with E-state index in [1.807, 2.05) is 0 Å². The number of sulfonamides is 1. The van der Waals surface area contributed by atoms with Crippen LogP contribution in [0, 0.1) is 19.7 Å². The van der Waals surface area contributed by atoms with Gasteiger partial charge < -0.3 is 9.26 Å². The highest BCUT2D eigenvalue weighted by Gasteiger charge is 2.37. The van der Waals surface area contributed by atoms with Crippen LogP contribution in [0.2, 0.25) is 0 Å². The van der Waals surface area contributed by atoms with E-state index in [2.05, 4.69) is 15.1 Å². The van der Waals surface area contributed by atoms with Gasteiger partial charge in [-0.15, -0.1) is 0 Å². The zero-order valence-corrected chi connectivity index (χ0v) is 15.0. The Morgan fingerprint density at radius 3 is 2.80 bits per heavy atom. The SMILES string of the molecule is CCc1ncnc(O[C@@H]2CCN(S(=O)(=O)c3c(C)noc3C)C2)c1F. The Labute approximate surface area is 145 Å².